The summed E-state index contributed by atoms with van der Waals surface area (Å²) in [7, 11) is 0. The summed E-state index contributed by atoms with van der Waals surface area (Å²) in [5, 5.41) is 10.1. The molecule has 0 amide bonds. The lowest BCUT2D eigenvalue weighted by Gasteiger charge is -2.11. The van der Waals surface area contributed by atoms with Crippen LogP contribution in [0.25, 0.3) is 15.8 Å². The number of rotatable bonds is 1. The van der Waals surface area contributed by atoms with Gasteiger partial charge in [0.05, 0.1) is 15.8 Å². The Morgan fingerprint density at radius 3 is 2.72 bits per heavy atom. The lowest BCUT2D eigenvalue weighted by atomic mass is 9.94. The number of nitrogens with zero attached hydrogens (tertiary/aromatic N) is 2. The molecule has 18 heavy (non-hydrogen) atoms. The first-order valence-electron chi connectivity index (χ1n) is 5.89. The highest BCUT2D eigenvalue weighted by molar-refractivity contribution is 7.19. The van der Waals surface area contributed by atoms with Gasteiger partial charge in [0.15, 0.2) is 0 Å². The molecule has 0 aliphatic carbocycles. The topological polar surface area (TPSA) is 36.7 Å². The Hall–Kier alpha value is -1.66. The smallest absolute Gasteiger partial charge is 0.134 e. The second kappa shape index (κ2) is 4.55. The third kappa shape index (κ3) is 2.77. The molecule has 1 heterocycles. The Morgan fingerprint density at radius 2 is 2.11 bits per heavy atom. The Balaban J connectivity index is 2.54. The lowest BCUT2D eigenvalue weighted by molar-refractivity contribution is 0.546. The highest BCUT2D eigenvalue weighted by Crippen LogP contribution is 2.30. The molecular weight excluding hydrogens is 240 g/mol. The zero-order valence-electron chi connectivity index (χ0n) is 11.1. The van der Waals surface area contributed by atoms with Crippen molar-refractivity contribution in [3.05, 3.63) is 34.8 Å². The summed E-state index contributed by atoms with van der Waals surface area (Å²) in [5.41, 5.74) is 2.84. The van der Waals surface area contributed by atoms with Crippen LogP contribution < -0.4 is 0 Å². The van der Waals surface area contributed by atoms with E-state index in [2.05, 4.69) is 44.8 Å². The van der Waals surface area contributed by atoms with E-state index in [1.165, 1.54) is 5.56 Å². The Kier molecular flexibility index (Phi) is 3.23. The van der Waals surface area contributed by atoms with Crippen LogP contribution in [0.5, 0.6) is 0 Å². The van der Waals surface area contributed by atoms with Crippen LogP contribution in [-0.4, -0.2) is 4.98 Å². The molecule has 2 aromatic rings. The second-order valence-electron chi connectivity index (χ2n) is 5.53. The number of hydrogen-bond acceptors (Lipinski definition) is 3. The van der Waals surface area contributed by atoms with Gasteiger partial charge < -0.3 is 0 Å². The predicted molar refractivity (Wildman–Crippen MR) is 77.4 cm³/mol. The quantitative estimate of drug-likeness (QED) is 0.701. The molecule has 0 N–H and O–H groups in total. The molecule has 0 radical (unpaired) electrons. The van der Waals surface area contributed by atoms with Crippen molar-refractivity contribution in [1.82, 2.24) is 4.98 Å². The average molecular weight is 256 g/mol. The lowest BCUT2D eigenvalue weighted by Crippen LogP contribution is -2.00. The van der Waals surface area contributed by atoms with E-state index in [4.69, 9.17) is 0 Å². The Labute approximate surface area is 112 Å². The molecule has 3 heteroatoms. The molecule has 2 rings (SSSR count). The zero-order valence-corrected chi connectivity index (χ0v) is 11.9. The van der Waals surface area contributed by atoms with Gasteiger partial charge in [-0.25, -0.2) is 4.98 Å². The number of benzene rings is 1. The van der Waals surface area contributed by atoms with Crippen molar-refractivity contribution >= 4 is 27.1 Å². The predicted octanol–water partition coefficient (Wildman–Crippen LogP) is 4.56. The molecule has 0 atom stereocenters. The molecule has 0 saturated heterocycles. The summed E-state index contributed by atoms with van der Waals surface area (Å²) in [5.74, 6) is 0. The zero-order chi connectivity index (χ0) is 13.3. The Bertz CT molecular complexity index is 651. The third-order valence-corrected chi connectivity index (χ3v) is 3.52. The maximum Gasteiger partial charge on any atom is 0.134 e. The van der Waals surface area contributed by atoms with E-state index >= 15 is 0 Å². The minimum Gasteiger partial charge on any atom is -0.235 e. The first kappa shape index (κ1) is 12.8. The number of aromatic nitrogens is 1. The first-order valence-corrected chi connectivity index (χ1v) is 6.71. The summed E-state index contributed by atoms with van der Waals surface area (Å²) in [6, 6.07) is 8.43. The summed E-state index contributed by atoms with van der Waals surface area (Å²) in [6.45, 7) is 8.32. The molecule has 0 fully saturated rings. The first-order chi connectivity index (χ1) is 8.39. The van der Waals surface area contributed by atoms with Crippen molar-refractivity contribution in [2.75, 3.05) is 0 Å². The minimum absolute atomic E-state index is 0.0150. The molecule has 2 nitrogen and oxygen atoms in total. The van der Waals surface area contributed by atoms with Crippen LogP contribution in [0.2, 0.25) is 0 Å². The van der Waals surface area contributed by atoms with Crippen LogP contribution in [-0.2, 0) is 0 Å². The van der Waals surface area contributed by atoms with Gasteiger partial charge in [-0.3, -0.25) is 0 Å². The average Bonchev–Trinajstić information content (AvgIpc) is 2.67. The van der Waals surface area contributed by atoms with Crippen molar-refractivity contribution in [2.45, 2.75) is 27.7 Å². The molecule has 1 aromatic heterocycles. The normalized spacial score (nSPS) is 12.7. The third-order valence-electron chi connectivity index (χ3n) is 2.47. The van der Waals surface area contributed by atoms with Crippen LogP contribution in [0.3, 0.4) is 0 Å². The number of hydrogen-bond donors (Lipinski definition) is 0. The SMILES string of the molecule is Cc1ccc2nc(/C(C#N)=C/C(C)(C)C)sc2c1. The van der Waals surface area contributed by atoms with Gasteiger partial charge in [0.2, 0.25) is 0 Å². The fourth-order valence-corrected chi connectivity index (χ4v) is 2.75. The van der Waals surface area contributed by atoms with Crippen LogP contribution in [0.1, 0.15) is 31.3 Å². The van der Waals surface area contributed by atoms with Crippen molar-refractivity contribution in [3.63, 3.8) is 0 Å². The minimum atomic E-state index is -0.0150. The summed E-state index contributed by atoms with van der Waals surface area (Å²) in [6.07, 6.45) is 1.98. The van der Waals surface area contributed by atoms with E-state index in [0.29, 0.717) is 5.57 Å². The van der Waals surface area contributed by atoms with Crippen molar-refractivity contribution < 1.29 is 0 Å². The molecule has 0 saturated carbocycles. The molecule has 0 spiro atoms. The number of allylic oxidation sites excluding steroid dienone is 2. The van der Waals surface area contributed by atoms with Crippen LogP contribution in [0.15, 0.2) is 24.3 Å². The van der Waals surface area contributed by atoms with Gasteiger partial charge in [-0.2, -0.15) is 5.26 Å². The largest absolute Gasteiger partial charge is 0.235 e. The maximum atomic E-state index is 9.27. The fourth-order valence-electron chi connectivity index (χ4n) is 1.72. The van der Waals surface area contributed by atoms with Gasteiger partial charge in [0.1, 0.15) is 11.1 Å². The van der Waals surface area contributed by atoms with Gasteiger partial charge in [0, 0.05) is 0 Å². The number of nitriles is 1. The monoisotopic (exact) mass is 256 g/mol. The fraction of sp³-hybridized carbons (Fsp3) is 0.333. The Morgan fingerprint density at radius 1 is 1.39 bits per heavy atom. The molecule has 0 unspecified atom stereocenters. The standard InChI is InChI=1S/C15H16N2S/c1-10-5-6-12-13(7-10)18-14(17-12)11(9-16)8-15(2,3)4/h5-8H,1-4H3/b11-8+. The summed E-state index contributed by atoms with van der Waals surface area (Å²) >= 11 is 1.58. The molecule has 0 aliphatic heterocycles. The number of aryl methyl sites for hydroxylation is 1. The van der Waals surface area contributed by atoms with E-state index in [1.807, 2.05) is 18.2 Å². The van der Waals surface area contributed by atoms with Crippen LogP contribution in [0.4, 0.5) is 0 Å². The van der Waals surface area contributed by atoms with Gasteiger partial charge in [-0.1, -0.05) is 32.9 Å². The molecule has 0 bridgehead atoms. The van der Waals surface area contributed by atoms with Crippen LogP contribution in [0, 0.1) is 23.7 Å². The van der Waals surface area contributed by atoms with E-state index < -0.39 is 0 Å². The highest BCUT2D eigenvalue weighted by atomic mass is 32.1. The number of thiazole rings is 1. The summed E-state index contributed by atoms with van der Waals surface area (Å²) < 4.78 is 1.14. The molecule has 92 valence electrons. The van der Waals surface area contributed by atoms with Gasteiger partial charge in [-0.15, -0.1) is 11.3 Å². The van der Waals surface area contributed by atoms with Crippen molar-refractivity contribution in [1.29, 1.82) is 5.26 Å². The van der Waals surface area contributed by atoms with E-state index in [1.54, 1.807) is 11.3 Å². The van der Waals surface area contributed by atoms with E-state index in [0.717, 1.165) is 15.2 Å². The summed E-state index contributed by atoms with van der Waals surface area (Å²) in [4.78, 5) is 4.54. The van der Waals surface area contributed by atoms with Crippen molar-refractivity contribution in [3.8, 4) is 6.07 Å². The van der Waals surface area contributed by atoms with Gasteiger partial charge in [-0.05, 0) is 30.0 Å². The van der Waals surface area contributed by atoms with Gasteiger partial charge in [0.25, 0.3) is 0 Å². The number of fused-ring (bicyclic) bond motifs is 1. The van der Waals surface area contributed by atoms with E-state index in [-0.39, 0.29) is 5.41 Å². The molecule has 0 aliphatic rings. The second-order valence-corrected chi connectivity index (χ2v) is 6.56. The highest BCUT2D eigenvalue weighted by Gasteiger charge is 2.13. The maximum absolute atomic E-state index is 9.27. The van der Waals surface area contributed by atoms with Crippen molar-refractivity contribution in [2.24, 2.45) is 5.41 Å². The molecular formula is C15H16N2S. The van der Waals surface area contributed by atoms with Crippen LogP contribution >= 0.6 is 11.3 Å². The van der Waals surface area contributed by atoms with Gasteiger partial charge >= 0.3 is 0 Å². The molecule has 1 aromatic carbocycles. The van der Waals surface area contributed by atoms with E-state index in [9.17, 15) is 5.26 Å².